The van der Waals surface area contributed by atoms with E-state index in [1.807, 2.05) is 37.3 Å². The second-order valence-corrected chi connectivity index (χ2v) is 5.16. The third-order valence-corrected chi connectivity index (χ3v) is 3.86. The van der Waals surface area contributed by atoms with Crippen LogP contribution in [0.3, 0.4) is 0 Å². The van der Waals surface area contributed by atoms with Crippen LogP contribution in [0.15, 0.2) is 48.5 Å². The summed E-state index contributed by atoms with van der Waals surface area (Å²) < 4.78 is 25.0. The number of methoxy groups -OCH3 is 1. The van der Waals surface area contributed by atoms with Gasteiger partial charge in [0.2, 0.25) is 0 Å². The van der Waals surface area contributed by atoms with E-state index in [1.165, 1.54) is 19.2 Å². The van der Waals surface area contributed by atoms with Gasteiger partial charge in [0.1, 0.15) is 23.8 Å². The van der Waals surface area contributed by atoms with Gasteiger partial charge in [-0.1, -0.05) is 37.3 Å². The summed E-state index contributed by atoms with van der Waals surface area (Å²) in [5, 5.41) is 9.63. The van der Waals surface area contributed by atoms with Gasteiger partial charge in [0.05, 0.1) is 6.61 Å². The summed E-state index contributed by atoms with van der Waals surface area (Å²) in [4.78, 5) is 0. The van der Waals surface area contributed by atoms with Crippen LogP contribution < -0.4 is 4.74 Å². The first kappa shape index (κ1) is 16.5. The summed E-state index contributed by atoms with van der Waals surface area (Å²) in [6.07, 6.45) is 0.529. The van der Waals surface area contributed by atoms with Gasteiger partial charge in [0.25, 0.3) is 0 Å². The number of rotatable bonds is 7. The molecule has 3 nitrogen and oxygen atoms in total. The van der Waals surface area contributed by atoms with Crippen molar-refractivity contribution in [2.75, 3.05) is 13.7 Å². The lowest BCUT2D eigenvalue weighted by molar-refractivity contribution is -0.0601. The zero-order chi connectivity index (χ0) is 16.0. The lowest BCUT2D eigenvalue weighted by Gasteiger charge is -2.30. The van der Waals surface area contributed by atoms with Gasteiger partial charge < -0.3 is 14.6 Å². The number of halogens is 1. The van der Waals surface area contributed by atoms with E-state index in [2.05, 4.69) is 0 Å². The average molecular weight is 304 g/mol. The Morgan fingerprint density at radius 1 is 1.14 bits per heavy atom. The van der Waals surface area contributed by atoms with Crippen molar-refractivity contribution in [2.45, 2.75) is 25.6 Å². The molecule has 0 unspecified atom stereocenters. The maximum absolute atomic E-state index is 13.9. The molecule has 2 aromatic rings. The Bertz CT molecular complexity index is 586. The summed E-state index contributed by atoms with van der Waals surface area (Å²) in [5.74, 6) is 0.00562. The second-order valence-electron chi connectivity index (χ2n) is 5.16. The molecule has 0 spiro atoms. The minimum atomic E-state index is -0.910. The first-order chi connectivity index (χ1) is 10.6. The Morgan fingerprint density at radius 2 is 1.86 bits per heavy atom. The fourth-order valence-electron chi connectivity index (χ4n) is 2.38. The van der Waals surface area contributed by atoms with Gasteiger partial charge in [-0.2, -0.15) is 0 Å². The predicted molar refractivity (Wildman–Crippen MR) is 83.2 cm³/mol. The molecular weight excluding hydrogens is 283 g/mol. The highest BCUT2D eigenvalue weighted by atomic mass is 19.1. The SMILES string of the molecule is CC[C@](CO)(OC)c1cc(F)cc(OCc2ccccc2)c1. The minimum absolute atomic E-state index is 0.221. The van der Waals surface area contributed by atoms with Crippen LogP contribution in [0.1, 0.15) is 24.5 Å². The van der Waals surface area contributed by atoms with Gasteiger partial charge in [0.15, 0.2) is 0 Å². The van der Waals surface area contributed by atoms with Crippen molar-refractivity contribution < 1.29 is 19.0 Å². The molecule has 0 heterocycles. The van der Waals surface area contributed by atoms with Crippen LogP contribution in [0.25, 0.3) is 0 Å². The van der Waals surface area contributed by atoms with Crippen molar-refractivity contribution in [2.24, 2.45) is 0 Å². The van der Waals surface area contributed by atoms with Crippen molar-refractivity contribution >= 4 is 0 Å². The van der Waals surface area contributed by atoms with E-state index >= 15 is 0 Å². The van der Waals surface area contributed by atoms with Gasteiger partial charge in [-0.15, -0.1) is 0 Å². The van der Waals surface area contributed by atoms with E-state index in [1.54, 1.807) is 6.07 Å². The quantitative estimate of drug-likeness (QED) is 0.848. The van der Waals surface area contributed by atoms with E-state index in [0.717, 1.165) is 5.56 Å². The third-order valence-electron chi connectivity index (χ3n) is 3.86. The van der Waals surface area contributed by atoms with Crippen molar-refractivity contribution in [1.82, 2.24) is 0 Å². The molecule has 0 amide bonds. The topological polar surface area (TPSA) is 38.7 Å². The van der Waals surface area contributed by atoms with Gasteiger partial charge in [-0.3, -0.25) is 0 Å². The second kappa shape index (κ2) is 7.38. The number of hydrogen-bond acceptors (Lipinski definition) is 3. The molecule has 0 radical (unpaired) electrons. The molecule has 0 saturated carbocycles. The largest absolute Gasteiger partial charge is 0.489 e. The van der Waals surface area contributed by atoms with Crippen molar-refractivity contribution in [1.29, 1.82) is 0 Å². The highest BCUT2D eigenvalue weighted by Gasteiger charge is 2.30. The number of aliphatic hydroxyl groups is 1. The van der Waals surface area contributed by atoms with Crippen LogP contribution in [-0.4, -0.2) is 18.8 Å². The molecule has 0 fully saturated rings. The summed E-state index contributed by atoms with van der Waals surface area (Å²) in [6.45, 7) is 2.02. The molecule has 2 rings (SSSR count). The first-order valence-electron chi connectivity index (χ1n) is 7.27. The smallest absolute Gasteiger partial charge is 0.127 e. The van der Waals surface area contributed by atoms with Crippen LogP contribution in [0.4, 0.5) is 4.39 Å². The number of benzene rings is 2. The Labute approximate surface area is 130 Å². The Hall–Kier alpha value is -1.91. The molecule has 0 aliphatic heterocycles. The fourth-order valence-corrected chi connectivity index (χ4v) is 2.38. The molecule has 1 atom stereocenters. The van der Waals surface area contributed by atoms with Crippen LogP contribution in [0, 0.1) is 5.82 Å². The number of aliphatic hydroxyl groups excluding tert-OH is 1. The lowest BCUT2D eigenvalue weighted by atomic mass is 9.91. The maximum atomic E-state index is 13.9. The van der Waals surface area contributed by atoms with Crippen LogP contribution in [0.5, 0.6) is 5.75 Å². The predicted octanol–water partition coefficient (Wildman–Crippen LogP) is 3.65. The van der Waals surface area contributed by atoms with E-state index in [-0.39, 0.29) is 6.61 Å². The molecule has 0 bridgehead atoms. The van der Waals surface area contributed by atoms with E-state index in [0.29, 0.717) is 24.3 Å². The summed E-state index contributed by atoms with van der Waals surface area (Å²) >= 11 is 0. The zero-order valence-electron chi connectivity index (χ0n) is 12.9. The molecule has 0 aromatic heterocycles. The number of ether oxygens (including phenoxy) is 2. The van der Waals surface area contributed by atoms with E-state index < -0.39 is 11.4 Å². The molecule has 4 heteroatoms. The standard InChI is InChI=1S/C18H21FO3/c1-3-18(13-20,21-2)15-9-16(19)11-17(10-15)22-12-14-7-5-4-6-8-14/h4-11,20H,3,12-13H2,1-2H3/t18-/m1/s1. The van der Waals surface area contributed by atoms with Gasteiger partial charge in [-0.05, 0) is 29.7 Å². The van der Waals surface area contributed by atoms with Gasteiger partial charge in [-0.25, -0.2) is 4.39 Å². The molecular formula is C18H21FO3. The average Bonchev–Trinajstić information content (AvgIpc) is 2.56. The Kier molecular flexibility index (Phi) is 5.52. The molecule has 0 aliphatic carbocycles. The summed E-state index contributed by atoms with van der Waals surface area (Å²) in [6, 6.07) is 14.1. The van der Waals surface area contributed by atoms with Gasteiger partial charge >= 0.3 is 0 Å². The highest BCUT2D eigenvalue weighted by molar-refractivity contribution is 5.34. The fraction of sp³-hybridized carbons (Fsp3) is 0.333. The molecule has 118 valence electrons. The van der Waals surface area contributed by atoms with Crippen molar-refractivity contribution in [3.63, 3.8) is 0 Å². The number of hydrogen-bond donors (Lipinski definition) is 1. The highest BCUT2D eigenvalue weighted by Crippen LogP contribution is 2.32. The summed E-state index contributed by atoms with van der Waals surface area (Å²) in [7, 11) is 1.51. The van der Waals surface area contributed by atoms with E-state index in [9.17, 15) is 9.50 Å². The molecule has 0 saturated heterocycles. The monoisotopic (exact) mass is 304 g/mol. The molecule has 1 N–H and O–H groups in total. The van der Waals surface area contributed by atoms with E-state index in [4.69, 9.17) is 9.47 Å². The van der Waals surface area contributed by atoms with Crippen LogP contribution in [0.2, 0.25) is 0 Å². The van der Waals surface area contributed by atoms with Crippen LogP contribution in [-0.2, 0) is 16.9 Å². The molecule has 2 aromatic carbocycles. The summed E-state index contributed by atoms with van der Waals surface area (Å²) in [5.41, 5.74) is 0.666. The van der Waals surface area contributed by atoms with Crippen molar-refractivity contribution in [3.05, 3.63) is 65.5 Å². The zero-order valence-corrected chi connectivity index (χ0v) is 12.9. The molecule has 22 heavy (non-hydrogen) atoms. The maximum Gasteiger partial charge on any atom is 0.127 e. The minimum Gasteiger partial charge on any atom is -0.489 e. The van der Waals surface area contributed by atoms with Crippen LogP contribution >= 0.6 is 0 Å². The first-order valence-corrected chi connectivity index (χ1v) is 7.27. The normalized spacial score (nSPS) is 13.6. The Balaban J connectivity index is 2.23. The van der Waals surface area contributed by atoms with Crippen molar-refractivity contribution in [3.8, 4) is 5.75 Å². The Morgan fingerprint density at radius 3 is 2.45 bits per heavy atom. The third kappa shape index (κ3) is 3.64. The lowest BCUT2D eigenvalue weighted by Crippen LogP contribution is -2.32. The van der Waals surface area contributed by atoms with Gasteiger partial charge in [0, 0.05) is 13.2 Å². The molecule has 0 aliphatic rings.